The van der Waals surface area contributed by atoms with E-state index in [1.165, 1.54) is 18.2 Å². The van der Waals surface area contributed by atoms with Gasteiger partial charge in [0.2, 0.25) is 5.91 Å². The largest absolute Gasteiger partial charge is 0.418 e. The molecule has 136 valence electrons. The van der Waals surface area contributed by atoms with Gasteiger partial charge in [-0.1, -0.05) is 30.8 Å². The monoisotopic (exact) mass is 380 g/mol. The molecular formula is C17H15F3N4OS. The second-order valence-corrected chi connectivity index (χ2v) is 6.66. The van der Waals surface area contributed by atoms with E-state index >= 15 is 0 Å². The predicted molar refractivity (Wildman–Crippen MR) is 93.9 cm³/mol. The highest BCUT2D eigenvalue weighted by molar-refractivity contribution is 8.00. The van der Waals surface area contributed by atoms with Gasteiger partial charge in [-0.2, -0.15) is 13.2 Å². The number of carbonyl (C=O) groups is 1. The van der Waals surface area contributed by atoms with Crippen LogP contribution in [0.4, 0.5) is 18.9 Å². The number of nitrogens with one attached hydrogen (secondary N) is 2. The highest BCUT2D eigenvalue weighted by Crippen LogP contribution is 2.35. The van der Waals surface area contributed by atoms with Crippen molar-refractivity contribution in [1.29, 1.82) is 0 Å². The third-order valence-electron chi connectivity index (χ3n) is 3.64. The van der Waals surface area contributed by atoms with E-state index in [1.54, 1.807) is 25.3 Å². The molecule has 1 aromatic carbocycles. The van der Waals surface area contributed by atoms with Gasteiger partial charge in [0, 0.05) is 6.20 Å². The third-order valence-corrected chi connectivity index (χ3v) is 4.89. The molecule has 0 radical (unpaired) electrons. The number of nitrogens with zero attached hydrogens (tertiary/aromatic N) is 2. The minimum Gasteiger partial charge on any atom is -0.332 e. The normalized spacial score (nSPS) is 12.9. The molecule has 3 rings (SSSR count). The van der Waals surface area contributed by atoms with Gasteiger partial charge in [0.15, 0.2) is 10.8 Å². The second kappa shape index (κ2) is 7.36. The number of para-hydroxylation sites is 1. The van der Waals surface area contributed by atoms with Crippen molar-refractivity contribution in [1.82, 2.24) is 15.0 Å². The number of imidazole rings is 1. The maximum Gasteiger partial charge on any atom is 0.418 e. The number of aromatic nitrogens is 3. The lowest BCUT2D eigenvalue weighted by Gasteiger charge is -2.17. The number of hydrogen-bond donors (Lipinski definition) is 2. The topological polar surface area (TPSA) is 70.7 Å². The first kappa shape index (κ1) is 18.2. The van der Waals surface area contributed by atoms with Crippen molar-refractivity contribution in [3.05, 3.63) is 48.2 Å². The molecule has 1 unspecified atom stereocenters. The van der Waals surface area contributed by atoms with Crippen LogP contribution in [0.3, 0.4) is 0 Å². The van der Waals surface area contributed by atoms with Crippen molar-refractivity contribution in [2.75, 3.05) is 5.32 Å². The molecule has 0 spiro atoms. The first-order valence-electron chi connectivity index (χ1n) is 7.83. The summed E-state index contributed by atoms with van der Waals surface area (Å²) in [5.41, 5.74) is 0.122. The second-order valence-electron chi connectivity index (χ2n) is 5.46. The van der Waals surface area contributed by atoms with Gasteiger partial charge in [0.25, 0.3) is 0 Å². The summed E-state index contributed by atoms with van der Waals surface area (Å²) in [4.78, 5) is 23.9. The van der Waals surface area contributed by atoms with E-state index in [1.807, 2.05) is 0 Å². The zero-order valence-electron chi connectivity index (χ0n) is 13.7. The van der Waals surface area contributed by atoms with Crippen LogP contribution in [-0.4, -0.2) is 26.1 Å². The van der Waals surface area contributed by atoms with E-state index in [9.17, 15) is 18.0 Å². The Balaban J connectivity index is 1.77. The minimum absolute atomic E-state index is 0.254. The zero-order chi connectivity index (χ0) is 18.7. The number of amides is 1. The molecule has 1 amide bonds. The molecule has 2 aromatic heterocycles. The van der Waals surface area contributed by atoms with Gasteiger partial charge in [-0.3, -0.25) is 4.79 Å². The Morgan fingerprint density at radius 3 is 2.73 bits per heavy atom. The number of carbonyl (C=O) groups excluding carboxylic acids is 1. The number of pyridine rings is 1. The molecule has 9 heteroatoms. The minimum atomic E-state index is -4.54. The van der Waals surface area contributed by atoms with Crippen LogP contribution in [0.5, 0.6) is 0 Å². The first-order valence-corrected chi connectivity index (χ1v) is 8.71. The van der Waals surface area contributed by atoms with Crippen LogP contribution in [-0.2, 0) is 11.0 Å². The Labute approximate surface area is 151 Å². The number of benzene rings is 1. The molecule has 5 nitrogen and oxygen atoms in total. The summed E-state index contributed by atoms with van der Waals surface area (Å²) >= 11 is 1.16. The van der Waals surface area contributed by atoms with Gasteiger partial charge in [-0.05, 0) is 30.7 Å². The average Bonchev–Trinajstić information content (AvgIpc) is 3.01. The fourth-order valence-corrected chi connectivity index (χ4v) is 3.30. The molecule has 0 aliphatic rings. The van der Waals surface area contributed by atoms with E-state index < -0.39 is 22.9 Å². The van der Waals surface area contributed by atoms with Crippen LogP contribution >= 0.6 is 11.8 Å². The summed E-state index contributed by atoms with van der Waals surface area (Å²) in [6.07, 6.45) is -2.51. The number of halogens is 3. The van der Waals surface area contributed by atoms with Crippen molar-refractivity contribution in [3.63, 3.8) is 0 Å². The summed E-state index contributed by atoms with van der Waals surface area (Å²) in [5, 5.41) is 2.28. The maximum atomic E-state index is 13.1. The molecule has 0 fully saturated rings. The number of anilines is 1. The van der Waals surface area contributed by atoms with Crippen LogP contribution in [0.15, 0.2) is 47.8 Å². The molecule has 0 aliphatic heterocycles. The predicted octanol–water partition coefficient (Wildman–Crippen LogP) is 4.49. The molecular weight excluding hydrogens is 365 g/mol. The number of fused-ring (bicyclic) bond motifs is 1. The van der Waals surface area contributed by atoms with Crippen LogP contribution in [0.1, 0.15) is 18.9 Å². The molecule has 2 heterocycles. The van der Waals surface area contributed by atoms with Gasteiger partial charge >= 0.3 is 6.18 Å². The number of aromatic amines is 1. The first-order chi connectivity index (χ1) is 12.4. The molecule has 0 bridgehead atoms. The third kappa shape index (κ3) is 3.98. The fourth-order valence-electron chi connectivity index (χ4n) is 2.39. The summed E-state index contributed by atoms with van der Waals surface area (Å²) < 4.78 is 39.2. The number of thioether (sulfide) groups is 1. The Kier molecular flexibility index (Phi) is 5.17. The van der Waals surface area contributed by atoms with E-state index in [0.29, 0.717) is 17.2 Å². The molecule has 0 aliphatic carbocycles. The zero-order valence-corrected chi connectivity index (χ0v) is 14.5. The van der Waals surface area contributed by atoms with E-state index in [2.05, 4.69) is 20.3 Å². The number of alkyl halides is 3. The van der Waals surface area contributed by atoms with Crippen molar-refractivity contribution >= 4 is 34.5 Å². The van der Waals surface area contributed by atoms with Gasteiger partial charge in [0.05, 0.1) is 22.0 Å². The van der Waals surface area contributed by atoms with Crippen molar-refractivity contribution < 1.29 is 18.0 Å². The standard InChI is InChI=1S/C17H15F3N4OS/c1-2-13(26-16-23-12-8-5-9-21-14(12)24-16)15(25)22-11-7-4-3-6-10(11)17(18,19)20/h3-9,13H,2H2,1H3,(H,22,25)(H,21,23,24). The van der Waals surface area contributed by atoms with E-state index in [4.69, 9.17) is 0 Å². The van der Waals surface area contributed by atoms with Crippen LogP contribution in [0.2, 0.25) is 0 Å². The van der Waals surface area contributed by atoms with Crippen molar-refractivity contribution in [2.45, 2.75) is 29.9 Å². The highest BCUT2D eigenvalue weighted by Gasteiger charge is 2.34. The number of rotatable bonds is 5. The number of hydrogen-bond acceptors (Lipinski definition) is 4. The molecule has 0 saturated heterocycles. The maximum absolute atomic E-state index is 13.1. The molecule has 26 heavy (non-hydrogen) atoms. The van der Waals surface area contributed by atoms with Crippen molar-refractivity contribution in [3.8, 4) is 0 Å². The lowest BCUT2D eigenvalue weighted by Crippen LogP contribution is -2.26. The lowest BCUT2D eigenvalue weighted by molar-refractivity contribution is -0.137. The van der Waals surface area contributed by atoms with Crippen LogP contribution in [0, 0.1) is 0 Å². The van der Waals surface area contributed by atoms with E-state index in [0.717, 1.165) is 23.3 Å². The van der Waals surface area contributed by atoms with Gasteiger partial charge in [-0.25, -0.2) is 9.97 Å². The van der Waals surface area contributed by atoms with Crippen LogP contribution in [0.25, 0.3) is 11.2 Å². The van der Waals surface area contributed by atoms with Gasteiger partial charge in [0.1, 0.15) is 0 Å². The Bertz CT molecular complexity index is 893. The Morgan fingerprint density at radius 1 is 1.27 bits per heavy atom. The summed E-state index contributed by atoms with van der Waals surface area (Å²) in [6, 6.07) is 8.47. The lowest BCUT2D eigenvalue weighted by atomic mass is 10.1. The smallest absolute Gasteiger partial charge is 0.332 e. The summed E-state index contributed by atoms with van der Waals surface area (Å²) in [5.74, 6) is -0.511. The molecule has 2 N–H and O–H groups in total. The van der Waals surface area contributed by atoms with E-state index in [-0.39, 0.29) is 5.69 Å². The van der Waals surface area contributed by atoms with Crippen LogP contribution < -0.4 is 5.32 Å². The fraction of sp³-hybridized carbons (Fsp3) is 0.235. The molecule has 0 saturated carbocycles. The van der Waals surface area contributed by atoms with Gasteiger partial charge < -0.3 is 10.3 Å². The van der Waals surface area contributed by atoms with Gasteiger partial charge in [-0.15, -0.1) is 0 Å². The summed E-state index contributed by atoms with van der Waals surface area (Å²) in [7, 11) is 0. The van der Waals surface area contributed by atoms with Crippen molar-refractivity contribution in [2.24, 2.45) is 0 Å². The number of H-pyrrole nitrogens is 1. The quantitative estimate of drug-likeness (QED) is 0.640. The highest BCUT2D eigenvalue weighted by atomic mass is 32.2. The molecule has 1 atom stereocenters. The summed E-state index contributed by atoms with van der Waals surface area (Å²) in [6.45, 7) is 1.79. The Morgan fingerprint density at radius 2 is 2.04 bits per heavy atom. The Hall–Kier alpha value is -2.55. The SMILES string of the molecule is CCC(Sc1nc2ncccc2[nH]1)C(=O)Nc1ccccc1C(F)(F)F. The average molecular weight is 380 g/mol. The molecule has 3 aromatic rings.